The van der Waals surface area contributed by atoms with Crippen LogP contribution in [0.25, 0.3) is 0 Å². The molecule has 4 rings (SSSR count). The van der Waals surface area contributed by atoms with Crippen LogP contribution in [0.15, 0.2) is 37.1 Å². The Morgan fingerprint density at radius 3 is 2.42 bits per heavy atom. The van der Waals surface area contributed by atoms with Crippen LogP contribution in [0.1, 0.15) is 25.7 Å². The summed E-state index contributed by atoms with van der Waals surface area (Å²) in [6.45, 7) is 6.11. The third-order valence-corrected chi connectivity index (χ3v) is 8.63. The summed E-state index contributed by atoms with van der Waals surface area (Å²) in [5, 5.41) is 6.13. The second-order valence-corrected chi connectivity index (χ2v) is 12.3. The van der Waals surface area contributed by atoms with E-state index in [1.165, 1.54) is 16.6 Å². The Balaban J connectivity index is 1.52. The zero-order valence-electron chi connectivity index (χ0n) is 23.6. The van der Waals surface area contributed by atoms with Crippen LogP contribution in [0, 0.1) is 0 Å². The van der Waals surface area contributed by atoms with Gasteiger partial charge in [0.1, 0.15) is 11.9 Å². The molecule has 1 amide bonds. The third kappa shape index (κ3) is 7.40. The molecule has 0 unspecified atom stereocenters. The number of hydrogen-bond donors (Lipinski definition) is 2. The van der Waals surface area contributed by atoms with Crippen LogP contribution in [0.2, 0.25) is 0 Å². The van der Waals surface area contributed by atoms with E-state index in [4.69, 9.17) is 9.47 Å². The zero-order chi connectivity index (χ0) is 28.9. The van der Waals surface area contributed by atoms with E-state index in [-0.39, 0.29) is 12.0 Å². The normalized spacial score (nSPS) is 17.5. The molecule has 13 heteroatoms. The highest BCUT2D eigenvalue weighted by Gasteiger charge is 2.27. The number of anilines is 4. The molecule has 218 valence electrons. The summed E-state index contributed by atoms with van der Waals surface area (Å²) in [5.41, 5.74) is 2.07. The molecular formula is C27H39N7O5S. The molecule has 2 aliphatic rings. The molecule has 1 aromatic heterocycles. The molecular weight excluding hydrogens is 534 g/mol. The summed E-state index contributed by atoms with van der Waals surface area (Å²) in [5.74, 6) is 0.943. The lowest BCUT2D eigenvalue weighted by molar-refractivity contribution is -0.111. The maximum absolute atomic E-state index is 12.3. The quantitative estimate of drug-likeness (QED) is 0.409. The number of aromatic nitrogens is 2. The van der Waals surface area contributed by atoms with Gasteiger partial charge in [-0.2, -0.15) is 4.98 Å². The highest BCUT2D eigenvalue weighted by atomic mass is 32.2. The number of nitrogens with one attached hydrogen (secondary N) is 2. The average Bonchev–Trinajstić information content (AvgIpc) is 2.93. The number of benzene rings is 1. The Bertz CT molecular complexity index is 1300. The van der Waals surface area contributed by atoms with Crippen molar-refractivity contribution in [2.75, 3.05) is 69.2 Å². The van der Waals surface area contributed by atoms with Gasteiger partial charge in [-0.05, 0) is 51.9 Å². The minimum Gasteiger partial charge on any atom is -0.494 e. The number of carbonyl (C=O) groups is 1. The maximum atomic E-state index is 12.3. The van der Waals surface area contributed by atoms with Gasteiger partial charge in [-0.25, -0.2) is 17.7 Å². The van der Waals surface area contributed by atoms with E-state index < -0.39 is 10.0 Å². The van der Waals surface area contributed by atoms with E-state index in [2.05, 4.69) is 51.1 Å². The molecule has 0 atom stereocenters. The highest BCUT2D eigenvalue weighted by Crippen LogP contribution is 2.39. The van der Waals surface area contributed by atoms with Gasteiger partial charge in [-0.3, -0.25) is 4.79 Å². The monoisotopic (exact) mass is 573 g/mol. The van der Waals surface area contributed by atoms with Crippen LogP contribution in [0.3, 0.4) is 0 Å². The van der Waals surface area contributed by atoms with Crippen LogP contribution in [0.5, 0.6) is 11.6 Å². The number of hydrogen-bond acceptors (Lipinski definition) is 10. The molecule has 12 nitrogen and oxygen atoms in total. The molecule has 0 spiro atoms. The first-order valence-corrected chi connectivity index (χ1v) is 15.2. The van der Waals surface area contributed by atoms with Crippen molar-refractivity contribution >= 4 is 38.9 Å². The van der Waals surface area contributed by atoms with Crippen LogP contribution in [-0.2, 0) is 14.8 Å². The number of ether oxygens (including phenoxy) is 2. The number of rotatable bonds is 10. The van der Waals surface area contributed by atoms with Gasteiger partial charge >= 0.3 is 0 Å². The summed E-state index contributed by atoms with van der Waals surface area (Å²) >= 11 is 0. The van der Waals surface area contributed by atoms with Crippen molar-refractivity contribution in [3.8, 4) is 11.6 Å². The lowest BCUT2D eigenvalue weighted by Gasteiger charge is -2.37. The fourth-order valence-corrected chi connectivity index (χ4v) is 5.92. The maximum Gasteiger partial charge on any atom is 0.247 e. The van der Waals surface area contributed by atoms with Crippen LogP contribution in [0.4, 0.5) is 23.0 Å². The van der Waals surface area contributed by atoms with Gasteiger partial charge < -0.3 is 29.9 Å². The van der Waals surface area contributed by atoms with Crippen molar-refractivity contribution < 1.29 is 22.7 Å². The Hall–Kier alpha value is -3.42. The van der Waals surface area contributed by atoms with Crippen LogP contribution < -0.4 is 25.0 Å². The van der Waals surface area contributed by atoms with Crippen molar-refractivity contribution in [1.29, 1.82) is 0 Å². The molecule has 2 fully saturated rings. The highest BCUT2D eigenvalue weighted by molar-refractivity contribution is 7.88. The SMILES string of the molecule is C=CC(=O)Nc1cc(Nc2nccc(OC3CCN(S(C)(=O)=O)CC3)n2)c(OC)cc1N1CCC(N(C)C)CC1. The number of piperidine rings is 2. The Morgan fingerprint density at radius 1 is 1.12 bits per heavy atom. The number of sulfonamides is 1. The number of methoxy groups -OCH3 is 1. The molecule has 2 aromatic rings. The molecule has 0 radical (unpaired) electrons. The van der Waals surface area contributed by atoms with Crippen molar-refractivity contribution in [2.45, 2.75) is 37.8 Å². The van der Waals surface area contributed by atoms with Gasteiger partial charge in [0.05, 0.1) is 30.4 Å². The summed E-state index contributed by atoms with van der Waals surface area (Å²) in [6, 6.07) is 5.91. The van der Waals surface area contributed by atoms with E-state index in [0.717, 1.165) is 31.6 Å². The minimum absolute atomic E-state index is 0.146. The summed E-state index contributed by atoms with van der Waals surface area (Å²) < 4.78 is 36.8. The Labute approximate surface area is 236 Å². The summed E-state index contributed by atoms with van der Waals surface area (Å²) in [7, 11) is 2.59. The molecule has 0 aliphatic carbocycles. The standard InChI is InChI=1S/C27H39N7O5S/c1-6-25(35)29-21-17-22(24(38-4)18-23(21)33-13-8-19(9-14-33)32(2)3)30-27-28-12-7-26(31-27)39-20-10-15-34(16-11-20)40(5,36)37/h6-7,12,17-20H,1,8-11,13-16H2,2-5H3,(H,29,35)(H,28,30,31). The Kier molecular flexibility index (Phi) is 9.48. The number of amides is 1. The lowest BCUT2D eigenvalue weighted by Crippen LogP contribution is -2.42. The van der Waals surface area contributed by atoms with Crippen molar-refractivity contribution in [3.05, 3.63) is 37.1 Å². The van der Waals surface area contributed by atoms with Gasteiger partial charge in [0.25, 0.3) is 0 Å². The number of carbonyl (C=O) groups excluding carboxylic acids is 1. The van der Waals surface area contributed by atoms with E-state index >= 15 is 0 Å². The minimum atomic E-state index is -3.21. The molecule has 0 bridgehead atoms. The zero-order valence-corrected chi connectivity index (χ0v) is 24.4. The van der Waals surface area contributed by atoms with Gasteiger partial charge in [0.15, 0.2) is 0 Å². The van der Waals surface area contributed by atoms with Crippen LogP contribution in [-0.4, -0.2) is 99.3 Å². The second-order valence-electron chi connectivity index (χ2n) is 10.3. The fourth-order valence-electron chi connectivity index (χ4n) is 5.05. The molecule has 40 heavy (non-hydrogen) atoms. The molecule has 3 heterocycles. The molecule has 1 aromatic carbocycles. The fraction of sp³-hybridized carbons (Fsp3) is 0.519. The first-order chi connectivity index (χ1) is 19.1. The van der Waals surface area contributed by atoms with E-state index in [9.17, 15) is 13.2 Å². The Morgan fingerprint density at radius 2 is 1.82 bits per heavy atom. The predicted octanol–water partition coefficient (Wildman–Crippen LogP) is 2.69. The number of nitrogens with zero attached hydrogens (tertiary/aromatic N) is 5. The van der Waals surface area contributed by atoms with E-state index in [1.807, 2.05) is 12.1 Å². The predicted molar refractivity (Wildman–Crippen MR) is 156 cm³/mol. The molecule has 2 saturated heterocycles. The molecule has 2 N–H and O–H groups in total. The summed E-state index contributed by atoms with van der Waals surface area (Å²) in [6.07, 6.45) is 7.08. The van der Waals surface area contributed by atoms with Gasteiger partial charge in [0, 0.05) is 50.6 Å². The van der Waals surface area contributed by atoms with Gasteiger partial charge in [-0.15, -0.1) is 0 Å². The average molecular weight is 574 g/mol. The topological polar surface area (TPSA) is 129 Å². The molecule has 0 saturated carbocycles. The first kappa shape index (κ1) is 29.6. The van der Waals surface area contributed by atoms with Crippen LogP contribution >= 0.6 is 0 Å². The van der Waals surface area contributed by atoms with E-state index in [0.29, 0.717) is 60.9 Å². The van der Waals surface area contributed by atoms with Crippen molar-refractivity contribution in [3.63, 3.8) is 0 Å². The van der Waals surface area contributed by atoms with Crippen molar-refractivity contribution in [1.82, 2.24) is 19.2 Å². The summed E-state index contributed by atoms with van der Waals surface area (Å²) in [4.78, 5) is 25.6. The van der Waals surface area contributed by atoms with Gasteiger partial charge in [0.2, 0.25) is 27.8 Å². The first-order valence-electron chi connectivity index (χ1n) is 13.4. The largest absolute Gasteiger partial charge is 0.494 e. The van der Waals surface area contributed by atoms with E-state index in [1.54, 1.807) is 19.4 Å². The molecule has 2 aliphatic heterocycles. The third-order valence-electron chi connectivity index (χ3n) is 7.33. The second kappa shape index (κ2) is 12.8. The smallest absolute Gasteiger partial charge is 0.247 e. The van der Waals surface area contributed by atoms with Crippen molar-refractivity contribution in [2.24, 2.45) is 0 Å². The van der Waals surface area contributed by atoms with Gasteiger partial charge in [-0.1, -0.05) is 6.58 Å². The lowest BCUT2D eigenvalue weighted by atomic mass is 10.0.